The summed E-state index contributed by atoms with van der Waals surface area (Å²) in [7, 11) is -0.886. The van der Waals surface area contributed by atoms with Crippen LogP contribution in [0.3, 0.4) is 0 Å². The summed E-state index contributed by atoms with van der Waals surface area (Å²) in [6.45, 7) is 11.6. The summed E-state index contributed by atoms with van der Waals surface area (Å²) in [5.74, 6) is 1.11. The molecule has 0 bridgehead atoms. The fourth-order valence-corrected chi connectivity index (χ4v) is 3.66. The largest absolute Gasteiger partial charge is 0.494 e. The molecule has 0 N–H and O–H groups in total. The predicted octanol–water partition coefficient (Wildman–Crippen LogP) is 3.31. The van der Waals surface area contributed by atoms with Crippen LogP contribution in [0.2, 0.25) is 0 Å². The minimum Gasteiger partial charge on any atom is -0.399 e. The second-order valence-electron chi connectivity index (χ2n) is 9.28. The molecule has 7 heteroatoms. The Hall–Kier alpha value is -1.02. The van der Waals surface area contributed by atoms with Crippen LogP contribution in [0.15, 0.2) is 18.2 Å². The van der Waals surface area contributed by atoms with Gasteiger partial charge in [-0.05, 0) is 64.9 Å². The molecule has 0 aliphatic carbocycles. The van der Waals surface area contributed by atoms with Gasteiger partial charge < -0.3 is 14.0 Å². The lowest BCUT2D eigenvalue weighted by Crippen LogP contribution is -2.41. The van der Waals surface area contributed by atoms with Gasteiger partial charge in [0, 0.05) is 11.1 Å². The molecule has 0 amide bonds. The molecule has 0 saturated carbocycles. The van der Waals surface area contributed by atoms with Crippen molar-refractivity contribution in [2.75, 3.05) is 31.1 Å². The first-order valence-electron chi connectivity index (χ1n) is 9.46. The van der Waals surface area contributed by atoms with Gasteiger partial charge in [0.25, 0.3) is 0 Å². The molecule has 1 aliphatic rings. The predicted molar refractivity (Wildman–Crippen MR) is 116 cm³/mol. The van der Waals surface area contributed by atoms with Crippen molar-refractivity contribution in [3.05, 3.63) is 23.9 Å². The van der Waals surface area contributed by atoms with E-state index in [0.717, 1.165) is 34.4 Å². The Labute approximate surface area is 165 Å². The average molecular weight is 392 g/mol. The molecule has 2 heterocycles. The molecule has 0 unspecified atom stereocenters. The third-order valence-corrected chi connectivity index (χ3v) is 6.93. The van der Waals surface area contributed by atoms with Crippen molar-refractivity contribution in [1.82, 2.24) is 9.78 Å². The highest BCUT2D eigenvalue weighted by Crippen LogP contribution is 2.36. The lowest BCUT2D eigenvalue weighted by atomic mass is 9.78. The fraction of sp³-hybridized carbons (Fsp3) is 0.650. The van der Waals surface area contributed by atoms with Crippen LogP contribution in [0.4, 0.5) is 0 Å². The highest BCUT2D eigenvalue weighted by atomic mass is 32.3. The number of ether oxygens (including phenoxy) is 1. The summed E-state index contributed by atoms with van der Waals surface area (Å²) in [4.78, 5) is 0. The van der Waals surface area contributed by atoms with Gasteiger partial charge in [-0.2, -0.15) is 5.10 Å². The molecule has 1 aliphatic heterocycles. The van der Waals surface area contributed by atoms with Crippen molar-refractivity contribution >= 4 is 33.5 Å². The van der Waals surface area contributed by atoms with E-state index in [1.807, 2.05) is 11.6 Å². The van der Waals surface area contributed by atoms with Crippen molar-refractivity contribution in [1.29, 1.82) is 0 Å². The topological polar surface area (TPSA) is 45.5 Å². The smallest absolute Gasteiger partial charge is 0.399 e. The SMILES string of the molecule is Cc1nn(COCCS(C)(C)C)c2ccc(B3OC(C)(C)C(C)(C)O3)cc12. The molecule has 27 heavy (non-hydrogen) atoms. The van der Waals surface area contributed by atoms with Crippen LogP contribution in [0.1, 0.15) is 33.4 Å². The molecule has 1 fully saturated rings. The maximum Gasteiger partial charge on any atom is 0.494 e. The molecule has 0 atom stereocenters. The van der Waals surface area contributed by atoms with Gasteiger partial charge in [0.2, 0.25) is 0 Å². The van der Waals surface area contributed by atoms with Gasteiger partial charge in [-0.1, -0.05) is 12.1 Å². The van der Waals surface area contributed by atoms with E-state index in [9.17, 15) is 0 Å². The van der Waals surface area contributed by atoms with Crippen molar-refractivity contribution in [3.8, 4) is 0 Å². The quantitative estimate of drug-likeness (QED) is 0.559. The minimum absolute atomic E-state index is 0.339. The highest BCUT2D eigenvalue weighted by molar-refractivity contribution is 8.32. The van der Waals surface area contributed by atoms with Crippen LogP contribution in [-0.4, -0.2) is 59.2 Å². The van der Waals surface area contributed by atoms with Crippen LogP contribution >= 0.6 is 10.0 Å². The number of nitrogens with zero attached hydrogens (tertiary/aromatic N) is 2. The first-order chi connectivity index (χ1) is 12.4. The molecule has 2 aromatic rings. The van der Waals surface area contributed by atoms with E-state index in [1.165, 1.54) is 0 Å². The molecule has 0 radical (unpaired) electrons. The Morgan fingerprint density at radius 1 is 1.11 bits per heavy atom. The monoisotopic (exact) mass is 392 g/mol. The number of aromatic nitrogens is 2. The first kappa shape index (κ1) is 20.7. The van der Waals surface area contributed by atoms with Crippen molar-refractivity contribution in [3.63, 3.8) is 0 Å². The third kappa shape index (κ3) is 4.37. The van der Waals surface area contributed by atoms with Gasteiger partial charge in [-0.3, -0.25) is 0 Å². The molecule has 1 saturated heterocycles. The van der Waals surface area contributed by atoms with Crippen molar-refractivity contribution in [2.45, 2.75) is 52.6 Å². The summed E-state index contributed by atoms with van der Waals surface area (Å²) < 4.78 is 20.2. The lowest BCUT2D eigenvalue weighted by Gasteiger charge is -2.32. The third-order valence-electron chi connectivity index (χ3n) is 5.54. The average Bonchev–Trinajstić information content (AvgIpc) is 2.96. The Kier molecular flexibility index (Phi) is 5.45. The second kappa shape index (κ2) is 7.10. The van der Waals surface area contributed by atoms with E-state index in [2.05, 4.69) is 69.8 Å². The number of rotatable bonds is 6. The van der Waals surface area contributed by atoms with E-state index < -0.39 is 10.0 Å². The lowest BCUT2D eigenvalue weighted by molar-refractivity contribution is 0.00578. The van der Waals surface area contributed by atoms with Crippen LogP contribution in [0.25, 0.3) is 10.9 Å². The summed E-state index contributed by atoms with van der Waals surface area (Å²) in [6, 6.07) is 6.30. The van der Waals surface area contributed by atoms with Gasteiger partial charge in [-0.15, -0.1) is 0 Å². The molecule has 1 aromatic carbocycles. The van der Waals surface area contributed by atoms with Crippen molar-refractivity contribution in [2.24, 2.45) is 0 Å². The molecule has 1 aromatic heterocycles. The van der Waals surface area contributed by atoms with Gasteiger partial charge in [-0.25, -0.2) is 14.7 Å². The normalized spacial score (nSPS) is 19.8. The zero-order valence-corrected chi connectivity index (χ0v) is 18.8. The summed E-state index contributed by atoms with van der Waals surface area (Å²) in [5, 5.41) is 5.78. The van der Waals surface area contributed by atoms with E-state index in [0.29, 0.717) is 6.73 Å². The molecular formula is C20H33BN2O3S. The molecule has 0 spiro atoms. The molecular weight excluding hydrogens is 359 g/mol. The second-order valence-corrected chi connectivity index (χ2v) is 13.9. The maximum atomic E-state index is 6.19. The number of benzene rings is 1. The van der Waals surface area contributed by atoms with E-state index in [-0.39, 0.29) is 18.3 Å². The zero-order valence-electron chi connectivity index (χ0n) is 18.0. The van der Waals surface area contributed by atoms with E-state index in [4.69, 9.17) is 14.0 Å². The Balaban J connectivity index is 1.76. The molecule has 150 valence electrons. The Morgan fingerprint density at radius 2 is 1.74 bits per heavy atom. The highest BCUT2D eigenvalue weighted by Gasteiger charge is 2.51. The van der Waals surface area contributed by atoms with E-state index in [1.54, 1.807) is 0 Å². The zero-order chi connectivity index (χ0) is 20.0. The number of aryl methyl sites for hydroxylation is 1. The summed E-state index contributed by atoms with van der Waals surface area (Å²) in [5.41, 5.74) is 2.43. The number of hydrogen-bond donors (Lipinski definition) is 0. The molecule has 3 rings (SSSR count). The van der Waals surface area contributed by atoms with Gasteiger partial charge in [0.1, 0.15) is 6.73 Å². The van der Waals surface area contributed by atoms with Gasteiger partial charge in [0.05, 0.1) is 29.0 Å². The number of hydrogen-bond acceptors (Lipinski definition) is 4. The number of fused-ring (bicyclic) bond motifs is 1. The van der Waals surface area contributed by atoms with E-state index >= 15 is 0 Å². The first-order valence-corrected chi connectivity index (χ1v) is 12.5. The summed E-state index contributed by atoms with van der Waals surface area (Å²) >= 11 is 0. The van der Waals surface area contributed by atoms with Gasteiger partial charge >= 0.3 is 7.12 Å². The van der Waals surface area contributed by atoms with Crippen LogP contribution in [0, 0.1) is 6.92 Å². The van der Waals surface area contributed by atoms with Crippen LogP contribution in [0.5, 0.6) is 0 Å². The minimum atomic E-state index is -0.533. The Morgan fingerprint density at radius 3 is 2.33 bits per heavy atom. The molecule has 5 nitrogen and oxygen atoms in total. The maximum absolute atomic E-state index is 6.19. The van der Waals surface area contributed by atoms with Crippen LogP contribution in [-0.2, 0) is 20.8 Å². The summed E-state index contributed by atoms with van der Waals surface area (Å²) in [6.07, 6.45) is 6.92. The van der Waals surface area contributed by atoms with Crippen LogP contribution < -0.4 is 5.46 Å². The Bertz CT molecular complexity index is 810. The van der Waals surface area contributed by atoms with Gasteiger partial charge in [0.15, 0.2) is 0 Å². The fourth-order valence-electron chi connectivity index (χ4n) is 3.04. The standard InChI is InChI=1S/C20H33BN2O3S/c1-15-17-13-16(21-25-19(2,3)20(4,5)26-21)9-10-18(17)23(22-15)14-24-11-12-27(6,7)8/h9-10,13H,11-12,14H2,1-8H3. The van der Waals surface area contributed by atoms with Crippen molar-refractivity contribution < 1.29 is 14.0 Å².